The molecule has 1 heterocycles. The summed E-state index contributed by atoms with van der Waals surface area (Å²) in [5, 5.41) is 0. The van der Waals surface area contributed by atoms with Crippen molar-refractivity contribution < 1.29 is 0 Å². The molecule has 0 fully saturated rings. The van der Waals surface area contributed by atoms with E-state index in [2.05, 4.69) is 62.8 Å². The van der Waals surface area contributed by atoms with Gasteiger partial charge in [0.25, 0.3) is 0 Å². The Morgan fingerprint density at radius 2 is 1.47 bits per heavy atom. The maximum Gasteiger partial charge on any atom is 0.130 e. The van der Waals surface area contributed by atoms with Crippen LogP contribution in [0.15, 0.2) is 30.6 Å². The van der Waals surface area contributed by atoms with Crippen molar-refractivity contribution in [3.05, 3.63) is 47.5 Å². The summed E-state index contributed by atoms with van der Waals surface area (Å²) in [5.41, 5.74) is 5.03. The molecule has 0 saturated carbocycles. The predicted molar refractivity (Wildman–Crippen MR) is 80.4 cm³/mol. The highest BCUT2D eigenvalue weighted by Crippen LogP contribution is 2.26. The van der Waals surface area contributed by atoms with Crippen LogP contribution in [0.25, 0.3) is 11.1 Å². The summed E-state index contributed by atoms with van der Waals surface area (Å²) < 4.78 is 0. The number of benzene rings is 1. The molecule has 0 aliphatic carbocycles. The van der Waals surface area contributed by atoms with E-state index in [-0.39, 0.29) is 0 Å². The molecule has 0 unspecified atom stereocenters. The molecule has 0 amide bonds. The first-order valence-corrected chi connectivity index (χ1v) is 6.92. The Morgan fingerprint density at radius 3 is 2.00 bits per heavy atom. The number of hydrogen-bond donors (Lipinski definition) is 0. The molecular formula is C17H22N2. The van der Waals surface area contributed by atoms with Gasteiger partial charge in [-0.2, -0.15) is 0 Å². The second kappa shape index (κ2) is 5.52. The Balaban J connectivity index is 2.39. The van der Waals surface area contributed by atoms with Gasteiger partial charge in [-0.1, -0.05) is 45.9 Å². The third-order valence-electron chi connectivity index (χ3n) is 3.42. The van der Waals surface area contributed by atoms with Crippen molar-refractivity contribution in [3.63, 3.8) is 0 Å². The molecule has 2 nitrogen and oxygen atoms in total. The Morgan fingerprint density at radius 1 is 0.842 bits per heavy atom. The third kappa shape index (κ3) is 3.01. The van der Waals surface area contributed by atoms with Crippen molar-refractivity contribution in [2.24, 2.45) is 0 Å². The van der Waals surface area contributed by atoms with E-state index in [1.807, 2.05) is 12.4 Å². The summed E-state index contributed by atoms with van der Waals surface area (Å²) in [6.07, 6.45) is 3.86. The van der Waals surface area contributed by atoms with Gasteiger partial charge in [-0.25, -0.2) is 9.97 Å². The molecule has 0 aliphatic heterocycles. The average molecular weight is 254 g/mol. The molecule has 0 N–H and O–H groups in total. The number of rotatable bonds is 3. The normalized spacial score (nSPS) is 11.3. The fourth-order valence-electron chi connectivity index (χ4n) is 2.23. The van der Waals surface area contributed by atoms with Crippen molar-refractivity contribution in [2.75, 3.05) is 0 Å². The van der Waals surface area contributed by atoms with Gasteiger partial charge >= 0.3 is 0 Å². The van der Waals surface area contributed by atoms with Gasteiger partial charge in [-0.05, 0) is 29.5 Å². The minimum Gasteiger partial charge on any atom is -0.240 e. The van der Waals surface area contributed by atoms with Gasteiger partial charge < -0.3 is 0 Å². The van der Waals surface area contributed by atoms with E-state index in [9.17, 15) is 0 Å². The van der Waals surface area contributed by atoms with Gasteiger partial charge in [-0.3, -0.25) is 0 Å². The zero-order valence-corrected chi connectivity index (χ0v) is 12.4. The van der Waals surface area contributed by atoms with E-state index < -0.39 is 0 Å². The molecule has 1 aromatic heterocycles. The maximum atomic E-state index is 4.44. The second-order valence-electron chi connectivity index (χ2n) is 5.71. The number of nitrogens with zero attached hydrogens (tertiary/aromatic N) is 2. The Labute approximate surface area is 115 Å². The smallest absolute Gasteiger partial charge is 0.130 e. The summed E-state index contributed by atoms with van der Waals surface area (Å²) in [4.78, 5) is 8.88. The van der Waals surface area contributed by atoms with Crippen molar-refractivity contribution in [1.29, 1.82) is 0 Å². The van der Waals surface area contributed by atoms with Gasteiger partial charge in [-0.15, -0.1) is 0 Å². The lowest BCUT2D eigenvalue weighted by Gasteiger charge is -2.12. The fraction of sp³-hybridized carbons (Fsp3) is 0.412. The number of aryl methyl sites for hydroxylation is 1. The SMILES string of the molecule is Cc1ccc(-c2cnc(C(C)C)nc2)cc1C(C)C. The minimum absolute atomic E-state index is 0.373. The van der Waals surface area contributed by atoms with Crippen LogP contribution in [0.5, 0.6) is 0 Å². The molecule has 0 radical (unpaired) electrons. The standard InChI is InChI=1S/C17H22N2/c1-11(2)16-8-14(7-6-13(16)5)15-9-18-17(12(3)4)19-10-15/h6-12H,1-5H3. The Hall–Kier alpha value is -1.70. The van der Waals surface area contributed by atoms with Crippen LogP contribution >= 0.6 is 0 Å². The van der Waals surface area contributed by atoms with Crippen LogP contribution in [0.4, 0.5) is 0 Å². The molecule has 1 aromatic carbocycles. The number of hydrogen-bond acceptors (Lipinski definition) is 2. The largest absolute Gasteiger partial charge is 0.240 e. The van der Waals surface area contributed by atoms with Crippen LogP contribution in [-0.4, -0.2) is 9.97 Å². The monoisotopic (exact) mass is 254 g/mol. The summed E-state index contributed by atoms with van der Waals surface area (Å²) in [6, 6.07) is 6.59. The topological polar surface area (TPSA) is 25.8 Å². The van der Waals surface area contributed by atoms with E-state index in [0.717, 1.165) is 11.4 Å². The molecule has 19 heavy (non-hydrogen) atoms. The predicted octanol–water partition coefficient (Wildman–Crippen LogP) is 4.70. The first-order chi connectivity index (χ1) is 8.99. The molecule has 0 aliphatic rings. The van der Waals surface area contributed by atoms with Gasteiger partial charge in [0, 0.05) is 23.9 Å². The highest BCUT2D eigenvalue weighted by Gasteiger charge is 2.08. The zero-order valence-electron chi connectivity index (χ0n) is 12.4. The van der Waals surface area contributed by atoms with E-state index in [0.29, 0.717) is 11.8 Å². The van der Waals surface area contributed by atoms with Crippen LogP contribution in [0.2, 0.25) is 0 Å². The van der Waals surface area contributed by atoms with Crippen LogP contribution in [0.3, 0.4) is 0 Å². The van der Waals surface area contributed by atoms with Crippen LogP contribution < -0.4 is 0 Å². The minimum atomic E-state index is 0.373. The molecular weight excluding hydrogens is 232 g/mol. The van der Waals surface area contributed by atoms with Gasteiger partial charge in [0.15, 0.2) is 0 Å². The van der Waals surface area contributed by atoms with Crippen molar-refractivity contribution in [3.8, 4) is 11.1 Å². The van der Waals surface area contributed by atoms with Crippen LogP contribution in [0.1, 0.15) is 56.5 Å². The van der Waals surface area contributed by atoms with Crippen molar-refractivity contribution >= 4 is 0 Å². The summed E-state index contributed by atoms with van der Waals surface area (Å²) >= 11 is 0. The number of aromatic nitrogens is 2. The maximum absolute atomic E-state index is 4.44. The lowest BCUT2D eigenvalue weighted by molar-refractivity contribution is 0.774. The first-order valence-electron chi connectivity index (χ1n) is 6.92. The summed E-state index contributed by atoms with van der Waals surface area (Å²) in [5.74, 6) is 1.81. The second-order valence-corrected chi connectivity index (χ2v) is 5.71. The summed E-state index contributed by atoms with van der Waals surface area (Å²) in [6.45, 7) is 10.8. The quantitative estimate of drug-likeness (QED) is 0.793. The molecule has 0 bridgehead atoms. The highest BCUT2D eigenvalue weighted by molar-refractivity contribution is 5.63. The van der Waals surface area contributed by atoms with Crippen LogP contribution in [-0.2, 0) is 0 Å². The van der Waals surface area contributed by atoms with E-state index in [4.69, 9.17) is 0 Å². The van der Waals surface area contributed by atoms with Gasteiger partial charge in [0.2, 0.25) is 0 Å². The lowest BCUT2D eigenvalue weighted by Crippen LogP contribution is -1.97. The highest BCUT2D eigenvalue weighted by atomic mass is 14.9. The lowest BCUT2D eigenvalue weighted by atomic mass is 9.94. The molecule has 2 aromatic rings. The zero-order chi connectivity index (χ0) is 14.0. The van der Waals surface area contributed by atoms with Gasteiger partial charge in [0.05, 0.1) is 0 Å². The molecule has 2 rings (SSSR count). The van der Waals surface area contributed by atoms with Crippen molar-refractivity contribution in [1.82, 2.24) is 9.97 Å². The van der Waals surface area contributed by atoms with E-state index in [1.165, 1.54) is 16.7 Å². The summed E-state index contributed by atoms with van der Waals surface area (Å²) in [7, 11) is 0. The Kier molecular flexibility index (Phi) is 3.98. The fourth-order valence-corrected chi connectivity index (χ4v) is 2.23. The Bertz CT molecular complexity index is 554. The van der Waals surface area contributed by atoms with E-state index in [1.54, 1.807) is 0 Å². The molecule has 100 valence electrons. The van der Waals surface area contributed by atoms with Crippen LogP contribution in [0, 0.1) is 6.92 Å². The van der Waals surface area contributed by atoms with Crippen molar-refractivity contribution in [2.45, 2.75) is 46.5 Å². The van der Waals surface area contributed by atoms with E-state index >= 15 is 0 Å². The van der Waals surface area contributed by atoms with Gasteiger partial charge in [0.1, 0.15) is 5.82 Å². The average Bonchev–Trinajstić information content (AvgIpc) is 2.39. The molecule has 0 atom stereocenters. The molecule has 0 spiro atoms. The molecule has 2 heteroatoms. The third-order valence-corrected chi connectivity index (χ3v) is 3.42. The molecule has 0 saturated heterocycles. The first kappa shape index (κ1) is 13.7.